The minimum absolute atomic E-state index is 0. The summed E-state index contributed by atoms with van der Waals surface area (Å²) in [6, 6.07) is 16.9. The molecule has 0 saturated heterocycles. The van der Waals surface area contributed by atoms with Gasteiger partial charge < -0.3 is 15.8 Å². The number of aryl methyl sites for hydroxylation is 1. The third-order valence-corrected chi connectivity index (χ3v) is 3.59. The molecule has 2 rings (SSSR count). The standard InChI is InChI=1S/C19H24N2O2.ClH/c1-14-8-10-17(11-9-14)18(20)19(22)21-15(2)12-23-13-16-6-4-3-5-7-16;/h3-11,15,18H,12-13,20H2,1-2H3,(H,21,22);1H. The van der Waals surface area contributed by atoms with Crippen LogP contribution in [0.2, 0.25) is 0 Å². The molecule has 0 saturated carbocycles. The zero-order valence-electron chi connectivity index (χ0n) is 14.1. The van der Waals surface area contributed by atoms with Gasteiger partial charge in [0.2, 0.25) is 5.91 Å². The van der Waals surface area contributed by atoms with Crippen LogP contribution < -0.4 is 11.1 Å². The highest BCUT2D eigenvalue weighted by molar-refractivity contribution is 5.85. The van der Waals surface area contributed by atoms with Crippen LogP contribution in [0, 0.1) is 6.92 Å². The van der Waals surface area contributed by atoms with E-state index in [1.807, 2.05) is 68.4 Å². The van der Waals surface area contributed by atoms with Crippen LogP contribution in [0.4, 0.5) is 0 Å². The Morgan fingerprint density at radius 3 is 2.38 bits per heavy atom. The molecule has 24 heavy (non-hydrogen) atoms. The van der Waals surface area contributed by atoms with Crippen molar-refractivity contribution in [3.05, 3.63) is 71.3 Å². The van der Waals surface area contributed by atoms with Crippen molar-refractivity contribution in [3.63, 3.8) is 0 Å². The van der Waals surface area contributed by atoms with Gasteiger partial charge in [0.25, 0.3) is 0 Å². The average molecular weight is 349 g/mol. The lowest BCUT2D eigenvalue weighted by molar-refractivity contribution is -0.123. The Balaban J connectivity index is 0.00000288. The molecule has 4 nitrogen and oxygen atoms in total. The Labute approximate surface area is 149 Å². The lowest BCUT2D eigenvalue weighted by Gasteiger charge is -2.18. The van der Waals surface area contributed by atoms with Gasteiger partial charge in [-0.25, -0.2) is 0 Å². The Kier molecular flexibility index (Phi) is 8.47. The van der Waals surface area contributed by atoms with Crippen LogP contribution in [0.5, 0.6) is 0 Å². The predicted octanol–water partition coefficient (Wildman–Crippen LogP) is 3.14. The quantitative estimate of drug-likeness (QED) is 0.808. The van der Waals surface area contributed by atoms with Gasteiger partial charge in [0.1, 0.15) is 6.04 Å². The van der Waals surface area contributed by atoms with E-state index in [0.717, 1.165) is 16.7 Å². The van der Waals surface area contributed by atoms with Gasteiger partial charge in [-0.15, -0.1) is 12.4 Å². The summed E-state index contributed by atoms with van der Waals surface area (Å²) in [7, 11) is 0. The predicted molar refractivity (Wildman–Crippen MR) is 99.1 cm³/mol. The number of nitrogens with two attached hydrogens (primary N) is 1. The van der Waals surface area contributed by atoms with Gasteiger partial charge >= 0.3 is 0 Å². The highest BCUT2D eigenvalue weighted by Gasteiger charge is 2.17. The molecule has 5 heteroatoms. The van der Waals surface area contributed by atoms with E-state index in [9.17, 15) is 4.79 Å². The lowest BCUT2D eigenvalue weighted by atomic mass is 10.1. The molecule has 2 unspecified atom stereocenters. The maximum Gasteiger partial charge on any atom is 0.241 e. The van der Waals surface area contributed by atoms with E-state index in [4.69, 9.17) is 10.5 Å². The Bertz CT molecular complexity index is 617. The Morgan fingerprint density at radius 2 is 1.75 bits per heavy atom. The van der Waals surface area contributed by atoms with E-state index >= 15 is 0 Å². The second kappa shape index (κ2) is 10.1. The first-order chi connectivity index (χ1) is 11.1. The Hall–Kier alpha value is -1.88. The number of rotatable bonds is 7. The molecule has 0 aromatic heterocycles. The van der Waals surface area contributed by atoms with Crippen LogP contribution in [0.1, 0.15) is 29.7 Å². The number of carbonyl (C=O) groups is 1. The number of carbonyl (C=O) groups excluding carboxylic acids is 1. The molecule has 2 aromatic rings. The summed E-state index contributed by atoms with van der Waals surface area (Å²) < 4.78 is 5.63. The molecule has 0 bridgehead atoms. The van der Waals surface area contributed by atoms with Crippen LogP contribution in [0.3, 0.4) is 0 Å². The SMILES string of the molecule is Cc1ccc(C(N)C(=O)NC(C)COCc2ccccc2)cc1.Cl. The zero-order chi connectivity index (χ0) is 16.7. The monoisotopic (exact) mass is 348 g/mol. The fraction of sp³-hybridized carbons (Fsp3) is 0.316. The van der Waals surface area contributed by atoms with E-state index in [1.54, 1.807) is 0 Å². The van der Waals surface area contributed by atoms with Crippen molar-refractivity contribution < 1.29 is 9.53 Å². The number of nitrogens with one attached hydrogen (secondary N) is 1. The van der Waals surface area contributed by atoms with Crippen LogP contribution in [0.25, 0.3) is 0 Å². The van der Waals surface area contributed by atoms with E-state index in [0.29, 0.717) is 13.2 Å². The largest absolute Gasteiger partial charge is 0.375 e. The first-order valence-corrected chi connectivity index (χ1v) is 7.80. The molecule has 2 atom stereocenters. The van der Waals surface area contributed by atoms with E-state index in [-0.39, 0.29) is 24.4 Å². The van der Waals surface area contributed by atoms with Crippen molar-refractivity contribution in [2.24, 2.45) is 5.73 Å². The van der Waals surface area contributed by atoms with Gasteiger partial charge in [0.05, 0.1) is 13.2 Å². The van der Waals surface area contributed by atoms with Gasteiger partial charge in [-0.05, 0) is 25.0 Å². The first kappa shape index (κ1) is 20.2. The third kappa shape index (κ3) is 6.32. The fourth-order valence-electron chi connectivity index (χ4n) is 2.23. The summed E-state index contributed by atoms with van der Waals surface area (Å²) in [6.45, 7) is 4.89. The number of halogens is 1. The van der Waals surface area contributed by atoms with Crippen molar-refractivity contribution >= 4 is 18.3 Å². The highest BCUT2D eigenvalue weighted by Crippen LogP contribution is 2.11. The van der Waals surface area contributed by atoms with Crippen LogP contribution in [-0.2, 0) is 16.1 Å². The molecule has 1 amide bonds. The van der Waals surface area contributed by atoms with Gasteiger partial charge in [0, 0.05) is 6.04 Å². The number of amides is 1. The minimum Gasteiger partial charge on any atom is -0.375 e. The zero-order valence-corrected chi connectivity index (χ0v) is 14.9. The first-order valence-electron chi connectivity index (χ1n) is 7.80. The van der Waals surface area contributed by atoms with Crippen molar-refractivity contribution in [3.8, 4) is 0 Å². The van der Waals surface area contributed by atoms with E-state index < -0.39 is 6.04 Å². The van der Waals surface area contributed by atoms with Gasteiger partial charge in [-0.2, -0.15) is 0 Å². The second-order valence-electron chi connectivity index (χ2n) is 5.80. The summed E-state index contributed by atoms with van der Waals surface area (Å²) in [4.78, 5) is 12.2. The average Bonchev–Trinajstić information content (AvgIpc) is 2.56. The summed E-state index contributed by atoms with van der Waals surface area (Å²) in [5, 5.41) is 2.89. The lowest BCUT2D eigenvalue weighted by Crippen LogP contribution is -2.41. The number of benzene rings is 2. The van der Waals surface area contributed by atoms with Crippen molar-refractivity contribution in [1.29, 1.82) is 0 Å². The number of hydrogen-bond acceptors (Lipinski definition) is 3. The van der Waals surface area contributed by atoms with Crippen LogP contribution in [-0.4, -0.2) is 18.6 Å². The summed E-state index contributed by atoms with van der Waals surface area (Å²) in [5.41, 5.74) is 9.07. The normalized spacial score (nSPS) is 12.8. The molecule has 0 fully saturated rings. The fourth-order valence-corrected chi connectivity index (χ4v) is 2.23. The Morgan fingerprint density at radius 1 is 1.12 bits per heavy atom. The molecule has 0 aliphatic rings. The van der Waals surface area contributed by atoms with Crippen molar-refractivity contribution in [2.45, 2.75) is 32.5 Å². The molecule has 0 aliphatic heterocycles. The number of hydrogen-bond donors (Lipinski definition) is 2. The van der Waals surface area contributed by atoms with Crippen LogP contribution >= 0.6 is 12.4 Å². The summed E-state index contributed by atoms with van der Waals surface area (Å²) in [6.07, 6.45) is 0. The van der Waals surface area contributed by atoms with Crippen molar-refractivity contribution in [1.82, 2.24) is 5.32 Å². The van der Waals surface area contributed by atoms with Crippen LogP contribution in [0.15, 0.2) is 54.6 Å². The van der Waals surface area contributed by atoms with Gasteiger partial charge in [-0.1, -0.05) is 60.2 Å². The molecule has 130 valence electrons. The van der Waals surface area contributed by atoms with Crippen molar-refractivity contribution in [2.75, 3.05) is 6.61 Å². The molecule has 0 aliphatic carbocycles. The van der Waals surface area contributed by atoms with E-state index in [1.165, 1.54) is 0 Å². The molecule has 3 N–H and O–H groups in total. The number of ether oxygens (including phenoxy) is 1. The topological polar surface area (TPSA) is 64.4 Å². The molecule has 0 heterocycles. The summed E-state index contributed by atoms with van der Waals surface area (Å²) >= 11 is 0. The second-order valence-corrected chi connectivity index (χ2v) is 5.80. The maximum absolute atomic E-state index is 12.2. The molecular weight excluding hydrogens is 324 g/mol. The minimum atomic E-state index is -0.660. The molecule has 0 spiro atoms. The maximum atomic E-state index is 12.2. The molecule has 2 aromatic carbocycles. The van der Waals surface area contributed by atoms with Gasteiger partial charge in [0.15, 0.2) is 0 Å². The summed E-state index contributed by atoms with van der Waals surface area (Å²) in [5.74, 6) is -0.190. The highest BCUT2D eigenvalue weighted by atomic mass is 35.5. The molecule has 0 radical (unpaired) electrons. The van der Waals surface area contributed by atoms with Gasteiger partial charge in [-0.3, -0.25) is 4.79 Å². The smallest absolute Gasteiger partial charge is 0.241 e. The third-order valence-electron chi connectivity index (χ3n) is 3.59. The molecular formula is C19H25ClN2O2. The van der Waals surface area contributed by atoms with E-state index in [2.05, 4.69) is 5.32 Å².